The molecule has 7 heteroatoms. The Hall–Kier alpha value is -0.430. The summed E-state index contributed by atoms with van der Waals surface area (Å²) in [5.74, 6) is -0.181. The van der Waals surface area contributed by atoms with Crippen LogP contribution in [0.1, 0.15) is 19.8 Å². The number of ketones is 1. The molecule has 1 aromatic rings. The monoisotopic (exact) mass is 379 g/mol. The second-order valence-corrected chi connectivity index (χ2v) is 8.12. The number of benzene rings is 1. The van der Waals surface area contributed by atoms with Crippen LogP contribution in [0.4, 0.5) is 0 Å². The normalized spacial score (nSPS) is 20.9. The van der Waals surface area contributed by atoms with Gasteiger partial charge in [-0.3, -0.25) is 4.79 Å². The summed E-state index contributed by atoms with van der Waals surface area (Å²) < 4.78 is 27.3. The molecule has 1 aliphatic rings. The molecular formula is C13H15BrClNO3S. The van der Waals surface area contributed by atoms with E-state index in [1.165, 1.54) is 17.3 Å². The maximum atomic E-state index is 12.6. The lowest BCUT2D eigenvalue weighted by Crippen LogP contribution is -2.41. The molecule has 20 heavy (non-hydrogen) atoms. The summed E-state index contributed by atoms with van der Waals surface area (Å²) in [7, 11) is -3.65. The number of carbonyl (C=O) groups is 1. The number of hydrogen-bond acceptors (Lipinski definition) is 3. The van der Waals surface area contributed by atoms with Crippen LogP contribution in [0.2, 0.25) is 5.02 Å². The van der Waals surface area contributed by atoms with Crippen molar-refractivity contribution in [2.45, 2.75) is 24.7 Å². The molecule has 110 valence electrons. The number of hydrogen-bond donors (Lipinski definition) is 0. The number of rotatable bonds is 3. The Labute approximate surface area is 132 Å². The van der Waals surface area contributed by atoms with Crippen molar-refractivity contribution in [3.05, 3.63) is 27.7 Å². The number of piperidine rings is 1. The maximum Gasteiger partial charge on any atom is 0.244 e. The Morgan fingerprint density at radius 1 is 1.45 bits per heavy atom. The van der Waals surface area contributed by atoms with Gasteiger partial charge in [0, 0.05) is 23.5 Å². The highest BCUT2D eigenvalue weighted by Crippen LogP contribution is 2.30. The van der Waals surface area contributed by atoms with Crippen molar-refractivity contribution in [3.63, 3.8) is 0 Å². The minimum atomic E-state index is -3.65. The van der Waals surface area contributed by atoms with Gasteiger partial charge in [-0.1, -0.05) is 27.5 Å². The van der Waals surface area contributed by atoms with E-state index in [1.807, 2.05) is 0 Å². The smallest absolute Gasteiger partial charge is 0.244 e. The van der Waals surface area contributed by atoms with Crippen molar-refractivity contribution in [1.82, 2.24) is 4.31 Å². The van der Waals surface area contributed by atoms with E-state index in [2.05, 4.69) is 15.9 Å². The van der Waals surface area contributed by atoms with E-state index in [9.17, 15) is 13.2 Å². The third kappa shape index (κ3) is 3.24. The average Bonchev–Trinajstić information content (AvgIpc) is 2.38. The highest BCUT2D eigenvalue weighted by atomic mass is 79.9. The molecule has 1 unspecified atom stereocenters. The third-order valence-corrected chi connectivity index (χ3v) is 6.31. The van der Waals surface area contributed by atoms with Gasteiger partial charge in [0.05, 0.1) is 5.02 Å². The van der Waals surface area contributed by atoms with Crippen LogP contribution < -0.4 is 0 Å². The number of halogens is 2. The Morgan fingerprint density at radius 2 is 2.15 bits per heavy atom. The lowest BCUT2D eigenvalue weighted by molar-refractivity contribution is -0.121. The van der Waals surface area contributed by atoms with E-state index in [4.69, 9.17) is 11.6 Å². The molecule has 4 nitrogen and oxygen atoms in total. The Morgan fingerprint density at radius 3 is 2.75 bits per heavy atom. The van der Waals surface area contributed by atoms with Crippen molar-refractivity contribution in [2.24, 2.45) is 5.92 Å². The fourth-order valence-corrected chi connectivity index (χ4v) is 4.85. The lowest BCUT2D eigenvalue weighted by Gasteiger charge is -2.30. The Bertz CT molecular complexity index is 633. The van der Waals surface area contributed by atoms with Gasteiger partial charge < -0.3 is 0 Å². The summed E-state index contributed by atoms with van der Waals surface area (Å²) >= 11 is 9.28. The molecule has 1 fully saturated rings. The fraction of sp³-hybridized carbons (Fsp3) is 0.462. The highest BCUT2D eigenvalue weighted by Gasteiger charge is 2.33. The molecule has 0 amide bonds. The largest absolute Gasteiger partial charge is 0.300 e. The van der Waals surface area contributed by atoms with Gasteiger partial charge >= 0.3 is 0 Å². The van der Waals surface area contributed by atoms with E-state index >= 15 is 0 Å². The third-order valence-electron chi connectivity index (χ3n) is 3.47. The zero-order chi connectivity index (χ0) is 14.9. The van der Waals surface area contributed by atoms with Crippen molar-refractivity contribution < 1.29 is 13.2 Å². The predicted octanol–water partition coefficient (Wildman–Crippen LogP) is 3.09. The summed E-state index contributed by atoms with van der Waals surface area (Å²) in [6.45, 7) is 2.18. The van der Waals surface area contributed by atoms with E-state index in [1.54, 1.807) is 12.1 Å². The molecule has 1 heterocycles. The number of carbonyl (C=O) groups excluding carboxylic acids is 1. The second kappa shape index (κ2) is 6.13. The first kappa shape index (κ1) is 15.9. The molecule has 0 spiro atoms. The van der Waals surface area contributed by atoms with Crippen LogP contribution in [0.5, 0.6) is 0 Å². The first-order valence-electron chi connectivity index (χ1n) is 6.28. The van der Waals surface area contributed by atoms with Crippen molar-refractivity contribution in [3.8, 4) is 0 Å². The lowest BCUT2D eigenvalue weighted by atomic mass is 9.96. The number of Topliss-reactive ketones (excluding diaryl/α,β-unsaturated/α-hetero) is 1. The van der Waals surface area contributed by atoms with Gasteiger partial charge in [0.2, 0.25) is 10.0 Å². The van der Waals surface area contributed by atoms with E-state index in [-0.39, 0.29) is 28.2 Å². The molecule has 0 N–H and O–H groups in total. The molecule has 0 radical (unpaired) electrons. The molecule has 0 aliphatic carbocycles. The molecule has 1 aliphatic heterocycles. The van der Waals surface area contributed by atoms with Crippen molar-refractivity contribution in [2.75, 3.05) is 13.1 Å². The van der Waals surface area contributed by atoms with Crippen LogP contribution in [0.25, 0.3) is 0 Å². The first-order valence-corrected chi connectivity index (χ1v) is 8.89. The topological polar surface area (TPSA) is 54.5 Å². The van der Waals surface area contributed by atoms with Gasteiger partial charge in [0.25, 0.3) is 0 Å². The van der Waals surface area contributed by atoms with E-state index < -0.39 is 10.0 Å². The van der Waals surface area contributed by atoms with Gasteiger partial charge in [-0.15, -0.1) is 0 Å². The zero-order valence-electron chi connectivity index (χ0n) is 11.0. The SMILES string of the molecule is CC(=O)C1CCCN(S(=O)(=O)c2ccc(Br)cc2Cl)C1. The standard InChI is InChI=1S/C13H15BrClNO3S/c1-9(17)10-3-2-6-16(8-10)20(18,19)13-5-4-11(14)7-12(13)15/h4-5,7,10H,2-3,6,8H2,1H3. The van der Waals surface area contributed by atoms with Gasteiger partial charge in [-0.25, -0.2) is 8.42 Å². The molecule has 0 bridgehead atoms. The van der Waals surface area contributed by atoms with Crippen LogP contribution in [0.3, 0.4) is 0 Å². The first-order chi connectivity index (χ1) is 9.32. The van der Waals surface area contributed by atoms with Crippen molar-refractivity contribution in [1.29, 1.82) is 0 Å². The molecule has 0 aromatic heterocycles. The van der Waals surface area contributed by atoms with Crippen molar-refractivity contribution >= 4 is 43.3 Å². The fourth-order valence-electron chi connectivity index (χ4n) is 2.32. The quantitative estimate of drug-likeness (QED) is 0.809. The molecule has 1 saturated heterocycles. The molecule has 2 rings (SSSR count). The molecule has 1 atom stereocenters. The summed E-state index contributed by atoms with van der Waals surface area (Å²) in [5.41, 5.74) is 0. The molecule has 1 aromatic carbocycles. The summed E-state index contributed by atoms with van der Waals surface area (Å²) in [6.07, 6.45) is 1.44. The Kier molecular flexibility index (Phi) is 4.89. The summed E-state index contributed by atoms with van der Waals surface area (Å²) in [4.78, 5) is 11.6. The summed E-state index contributed by atoms with van der Waals surface area (Å²) in [5, 5.41) is 0.185. The number of nitrogens with zero attached hydrogens (tertiary/aromatic N) is 1. The van der Waals surface area contributed by atoms with Gasteiger partial charge in [-0.05, 0) is 38.0 Å². The van der Waals surface area contributed by atoms with Crippen LogP contribution in [0.15, 0.2) is 27.6 Å². The van der Waals surface area contributed by atoms with Crippen LogP contribution >= 0.6 is 27.5 Å². The minimum absolute atomic E-state index is 0.0341. The predicted molar refractivity (Wildman–Crippen MR) is 81.3 cm³/mol. The van der Waals surface area contributed by atoms with E-state index in [0.29, 0.717) is 13.0 Å². The minimum Gasteiger partial charge on any atom is -0.300 e. The highest BCUT2D eigenvalue weighted by molar-refractivity contribution is 9.10. The number of sulfonamides is 1. The van der Waals surface area contributed by atoms with Gasteiger partial charge in [0.15, 0.2) is 0 Å². The summed E-state index contributed by atoms with van der Waals surface area (Å²) in [6, 6.07) is 4.69. The average molecular weight is 381 g/mol. The van der Waals surface area contributed by atoms with Gasteiger partial charge in [0.1, 0.15) is 10.7 Å². The van der Waals surface area contributed by atoms with Crippen LogP contribution in [-0.4, -0.2) is 31.6 Å². The second-order valence-electron chi connectivity index (χ2n) is 4.89. The molecular weight excluding hydrogens is 366 g/mol. The van der Waals surface area contributed by atoms with Crippen LogP contribution in [0, 0.1) is 5.92 Å². The van der Waals surface area contributed by atoms with E-state index in [0.717, 1.165) is 10.9 Å². The Balaban J connectivity index is 2.32. The molecule has 0 saturated carbocycles. The van der Waals surface area contributed by atoms with Crippen LogP contribution in [-0.2, 0) is 14.8 Å². The maximum absolute atomic E-state index is 12.6. The van der Waals surface area contributed by atoms with Gasteiger partial charge in [-0.2, -0.15) is 4.31 Å². The zero-order valence-corrected chi connectivity index (χ0v) is 14.1.